The molecular weight excluding hydrogens is 361 g/mol. The number of imidazole rings is 1. The van der Waals surface area contributed by atoms with Gasteiger partial charge in [-0.25, -0.2) is 19.3 Å². The molecule has 0 spiro atoms. The minimum Gasteiger partial charge on any atom is -0.395 e. The Hall–Kier alpha value is -3.02. The number of hydrogen-bond acceptors (Lipinski definition) is 6. The second kappa shape index (κ2) is 7.19. The first-order valence-electron chi connectivity index (χ1n) is 9.15. The van der Waals surface area contributed by atoms with Crippen LogP contribution in [0.1, 0.15) is 31.5 Å². The number of nitrogen functional groups attached to an aromatic ring is 1. The SMILES string of the molecule is Nc1nc(C#CC2(O)CCCC2)nc2c1nc(-c1cccc(F)c1)n2CCO. The Balaban J connectivity index is 1.84. The van der Waals surface area contributed by atoms with Crippen LogP contribution in [0.25, 0.3) is 22.6 Å². The van der Waals surface area contributed by atoms with Crippen LogP contribution in [0.3, 0.4) is 0 Å². The van der Waals surface area contributed by atoms with Crippen molar-refractivity contribution in [1.29, 1.82) is 0 Å². The van der Waals surface area contributed by atoms with E-state index in [9.17, 15) is 14.6 Å². The van der Waals surface area contributed by atoms with Crippen LogP contribution in [-0.4, -0.2) is 41.9 Å². The molecule has 4 rings (SSSR count). The fourth-order valence-electron chi connectivity index (χ4n) is 3.49. The molecular formula is C20H20FN5O2. The summed E-state index contributed by atoms with van der Waals surface area (Å²) in [5, 5.41) is 19.9. The van der Waals surface area contributed by atoms with Crippen molar-refractivity contribution in [2.75, 3.05) is 12.3 Å². The Kier molecular flexibility index (Phi) is 4.71. The fraction of sp³-hybridized carbons (Fsp3) is 0.350. The molecule has 0 aliphatic heterocycles. The minimum atomic E-state index is -1.01. The van der Waals surface area contributed by atoms with Gasteiger partial charge >= 0.3 is 0 Å². The topological polar surface area (TPSA) is 110 Å². The van der Waals surface area contributed by atoms with E-state index in [0.29, 0.717) is 35.4 Å². The summed E-state index contributed by atoms with van der Waals surface area (Å²) >= 11 is 0. The summed E-state index contributed by atoms with van der Waals surface area (Å²) in [5.74, 6) is 6.04. The third-order valence-corrected chi connectivity index (χ3v) is 4.87. The monoisotopic (exact) mass is 381 g/mol. The van der Waals surface area contributed by atoms with Crippen molar-refractivity contribution in [3.8, 4) is 23.2 Å². The van der Waals surface area contributed by atoms with Gasteiger partial charge in [0.25, 0.3) is 0 Å². The van der Waals surface area contributed by atoms with Gasteiger partial charge in [-0.2, -0.15) is 0 Å². The zero-order valence-corrected chi connectivity index (χ0v) is 15.2. The summed E-state index contributed by atoms with van der Waals surface area (Å²) in [7, 11) is 0. The van der Waals surface area contributed by atoms with E-state index in [1.165, 1.54) is 12.1 Å². The smallest absolute Gasteiger partial charge is 0.209 e. The first-order valence-corrected chi connectivity index (χ1v) is 9.15. The van der Waals surface area contributed by atoms with Gasteiger partial charge in [-0.05, 0) is 43.7 Å². The maximum absolute atomic E-state index is 13.7. The summed E-state index contributed by atoms with van der Waals surface area (Å²) < 4.78 is 15.3. The van der Waals surface area contributed by atoms with Crippen molar-refractivity contribution in [2.24, 2.45) is 0 Å². The standard InChI is InChI=1S/C20H20FN5O2/c21-14-5-3-4-13(12-14)18-25-16-17(22)23-15(24-19(16)26(18)10-11-27)6-9-20(28)7-1-2-8-20/h3-5,12,27-28H,1-2,7-8,10-11H2,(H2,22,23,24). The van der Waals surface area contributed by atoms with Crippen LogP contribution in [-0.2, 0) is 6.54 Å². The number of rotatable bonds is 3. The van der Waals surface area contributed by atoms with Crippen LogP contribution in [0.2, 0.25) is 0 Å². The molecule has 0 bridgehead atoms. The fourth-order valence-corrected chi connectivity index (χ4v) is 3.49. The minimum absolute atomic E-state index is 0.141. The molecule has 4 N–H and O–H groups in total. The van der Waals surface area contributed by atoms with E-state index in [1.807, 2.05) is 0 Å². The van der Waals surface area contributed by atoms with E-state index < -0.39 is 11.4 Å². The van der Waals surface area contributed by atoms with Gasteiger partial charge in [0.2, 0.25) is 5.82 Å². The second-order valence-electron chi connectivity index (χ2n) is 6.91. The lowest BCUT2D eigenvalue weighted by Crippen LogP contribution is -2.21. The van der Waals surface area contributed by atoms with Crippen molar-refractivity contribution in [3.63, 3.8) is 0 Å². The highest BCUT2D eigenvalue weighted by Crippen LogP contribution is 2.29. The van der Waals surface area contributed by atoms with Gasteiger partial charge in [0.05, 0.1) is 6.61 Å². The molecule has 28 heavy (non-hydrogen) atoms. The van der Waals surface area contributed by atoms with Crippen LogP contribution in [0, 0.1) is 17.7 Å². The van der Waals surface area contributed by atoms with E-state index in [-0.39, 0.29) is 24.8 Å². The lowest BCUT2D eigenvalue weighted by molar-refractivity contribution is 0.110. The molecule has 1 fully saturated rings. The summed E-state index contributed by atoms with van der Waals surface area (Å²) in [6.45, 7) is 0.0497. The number of nitrogens with two attached hydrogens (primary N) is 1. The number of nitrogens with zero attached hydrogens (tertiary/aromatic N) is 4. The molecule has 1 aliphatic carbocycles. The average Bonchev–Trinajstić information content (AvgIpc) is 3.26. The lowest BCUT2D eigenvalue weighted by Gasteiger charge is -2.12. The van der Waals surface area contributed by atoms with Crippen LogP contribution < -0.4 is 5.73 Å². The van der Waals surface area contributed by atoms with Crippen molar-refractivity contribution >= 4 is 17.0 Å². The molecule has 144 valence electrons. The van der Waals surface area contributed by atoms with Crippen molar-refractivity contribution in [1.82, 2.24) is 19.5 Å². The molecule has 1 saturated carbocycles. The zero-order chi connectivity index (χ0) is 19.7. The Morgan fingerprint density at radius 2 is 2.00 bits per heavy atom. The quantitative estimate of drug-likeness (QED) is 0.598. The summed E-state index contributed by atoms with van der Waals surface area (Å²) in [6, 6.07) is 6.01. The summed E-state index contributed by atoms with van der Waals surface area (Å²) in [5.41, 5.74) is 6.36. The van der Waals surface area contributed by atoms with Gasteiger partial charge in [0.1, 0.15) is 17.2 Å². The number of aromatic nitrogens is 4. The van der Waals surface area contributed by atoms with Gasteiger partial charge in [-0.1, -0.05) is 18.1 Å². The van der Waals surface area contributed by atoms with Crippen LogP contribution in [0.15, 0.2) is 24.3 Å². The van der Waals surface area contributed by atoms with E-state index in [1.54, 1.807) is 16.7 Å². The molecule has 0 unspecified atom stereocenters. The van der Waals surface area contributed by atoms with Gasteiger partial charge in [0, 0.05) is 12.1 Å². The lowest BCUT2D eigenvalue weighted by atomic mass is 10.0. The molecule has 2 heterocycles. The number of anilines is 1. The number of hydrogen-bond donors (Lipinski definition) is 3. The molecule has 0 atom stereocenters. The van der Waals surface area contributed by atoms with Gasteiger partial charge in [-0.3, -0.25) is 0 Å². The largest absolute Gasteiger partial charge is 0.395 e. The average molecular weight is 381 g/mol. The van der Waals surface area contributed by atoms with Gasteiger partial charge in [-0.15, -0.1) is 0 Å². The molecule has 0 radical (unpaired) electrons. The summed E-state index contributed by atoms with van der Waals surface area (Å²) in [6.07, 6.45) is 3.13. The number of aliphatic hydroxyl groups is 2. The third-order valence-electron chi connectivity index (χ3n) is 4.87. The number of aliphatic hydroxyl groups excluding tert-OH is 1. The van der Waals surface area contributed by atoms with E-state index in [4.69, 9.17) is 5.73 Å². The first-order chi connectivity index (χ1) is 13.5. The maximum Gasteiger partial charge on any atom is 0.209 e. The maximum atomic E-state index is 13.7. The normalized spacial score (nSPS) is 15.5. The molecule has 3 aromatic rings. The highest BCUT2D eigenvalue weighted by atomic mass is 19.1. The van der Waals surface area contributed by atoms with E-state index in [0.717, 1.165) is 12.8 Å². The first kappa shape index (κ1) is 18.3. The number of benzene rings is 1. The molecule has 8 heteroatoms. The van der Waals surface area contributed by atoms with Crippen molar-refractivity contribution in [3.05, 3.63) is 35.9 Å². The molecule has 1 aromatic carbocycles. The van der Waals surface area contributed by atoms with Gasteiger partial charge < -0.3 is 20.5 Å². The van der Waals surface area contributed by atoms with Crippen LogP contribution in [0.4, 0.5) is 10.2 Å². The van der Waals surface area contributed by atoms with Crippen molar-refractivity contribution < 1.29 is 14.6 Å². The molecule has 0 amide bonds. The number of halogens is 1. The van der Waals surface area contributed by atoms with Crippen molar-refractivity contribution in [2.45, 2.75) is 37.8 Å². The molecule has 1 aliphatic rings. The van der Waals surface area contributed by atoms with Gasteiger partial charge in [0.15, 0.2) is 17.0 Å². The predicted octanol–water partition coefficient (Wildman–Crippen LogP) is 1.86. The predicted molar refractivity (Wildman–Crippen MR) is 103 cm³/mol. The molecule has 0 saturated heterocycles. The Morgan fingerprint density at radius 1 is 1.21 bits per heavy atom. The Bertz CT molecular complexity index is 1090. The highest BCUT2D eigenvalue weighted by Gasteiger charge is 2.28. The molecule has 7 nitrogen and oxygen atoms in total. The van der Waals surface area contributed by atoms with Crippen LogP contribution >= 0.6 is 0 Å². The van der Waals surface area contributed by atoms with E-state index in [2.05, 4.69) is 26.8 Å². The highest BCUT2D eigenvalue weighted by molar-refractivity contribution is 5.85. The zero-order valence-electron chi connectivity index (χ0n) is 15.2. The van der Waals surface area contributed by atoms with Crippen LogP contribution in [0.5, 0.6) is 0 Å². The number of fused-ring (bicyclic) bond motifs is 1. The Morgan fingerprint density at radius 3 is 2.71 bits per heavy atom. The van der Waals surface area contributed by atoms with E-state index >= 15 is 0 Å². The third kappa shape index (κ3) is 3.42. The summed E-state index contributed by atoms with van der Waals surface area (Å²) in [4.78, 5) is 13.1. The molecule has 2 aromatic heterocycles. The Labute approximate surface area is 161 Å². The second-order valence-corrected chi connectivity index (χ2v) is 6.91.